The second-order valence-corrected chi connectivity index (χ2v) is 7.44. The highest BCUT2D eigenvalue weighted by Gasteiger charge is 2.18. The Labute approximate surface area is 155 Å². The Morgan fingerprint density at radius 3 is 2.73 bits per heavy atom. The monoisotopic (exact) mass is 370 g/mol. The minimum absolute atomic E-state index is 0.299. The molecule has 7 heteroatoms. The van der Waals surface area contributed by atoms with Crippen LogP contribution in [0.5, 0.6) is 0 Å². The number of fused-ring (bicyclic) bond motifs is 1. The van der Waals surface area contributed by atoms with E-state index in [1.54, 1.807) is 17.4 Å². The standard InChI is InChI=1S/C19H19FN4OS/c1-23-7-9-24(10-8-23)19-22-16-6-5-15(12-17(16)26-19)21-18(25)13-3-2-4-14(20)11-13/h2-6,11-12H,7-10H2,1H3,(H,21,25). The third-order valence-corrected chi connectivity index (χ3v) is 5.57. The number of rotatable bonds is 3. The van der Waals surface area contributed by atoms with Gasteiger partial charge in [0.25, 0.3) is 5.91 Å². The van der Waals surface area contributed by atoms with Crippen molar-refractivity contribution in [2.45, 2.75) is 0 Å². The minimum Gasteiger partial charge on any atom is -0.345 e. The lowest BCUT2D eigenvalue weighted by Gasteiger charge is -2.31. The predicted octanol–water partition coefficient (Wildman–Crippen LogP) is 3.44. The number of carbonyl (C=O) groups is 1. The topological polar surface area (TPSA) is 48.5 Å². The summed E-state index contributed by atoms with van der Waals surface area (Å²) in [5, 5.41) is 3.84. The van der Waals surface area contributed by atoms with Crippen LogP contribution in [-0.4, -0.2) is 49.0 Å². The Morgan fingerprint density at radius 1 is 1.15 bits per heavy atom. The molecule has 0 spiro atoms. The van der Waals surface area contributed by atoms with Crippen molar-refractivity contribution >= 4 is 38.3 Å². The number of amides is 1. The Balaban J connectivity index is 1.53. The molecule has 0 bridgehead atoms. The maximum Gasteiger partial charge on any atom is 0.255 e. The molecule has 2 heterocycles. The number of likely N-dealkylation sites (N-methyl/N-ethyl adjacent to an activating group) is 1. The molecular formula is C19H19FN4OS. The van der Waals surface area contributed by atoms with Crippen molar-refractivity contribution in [3.05, 3.63) is 53.8 Å². The summed E-state index contributed by atoms with van der Waals surface area (Å²) in [6.07, 6.45) is 0. The van der Waals surface area contributed by atoms with E-state index in [0.717, 1.165) is 41.5 Å². The van der Waals surface area contributed by atoms with Crippen molar-refractivity contribution in [1.29, 1.82) is 0 Å². The number of piperazine rings is 1. The van der Waals surface area contributed by atoms with E-state index < -0.39 is 5.82 Å². The van der Waals surface area contributed by atoms with E-state index in [1.165, 1.54) is 18.2 Å². The third-order valence-electron chi connectivity index (χ3n) is 4.50. The molecule has 134 valence electrons. The van der Waals surface area contributed by atoms with Gasteiger partial charge in [-0.25, -0.2) is 9.37 Å². The summed E-state index contributed by atoms with van der Waals surface area (Å²) in [7, 11) is 2.13. The van der Waals surface area contributed by atoms with Gasteiger partial charge in [0.15, 0.2) is 5.13 Å². The lowest BCUT2D eigenvalue weighted by atomic mass is 10.2. The van der Waals surface area contributed by atoms with E-state index in [-0.39, 0.29) is 5.91 Å². The Hall–Kier alpha value is -2.51. The molecule has 1 fully saturated rings. The fourth-order valence-corrected chi connectivity index (χ4v) is 4.01. The van der Waals surface area contributed by atoms with Crippen LogP contribution in [0, 0.1) is 5.82 Å². The van der Waals surface area contributed by atoms with Gasteiger partial charge >= 0.3 is 0 Å². The zero-order valence-corrected chi connectivity index (χ0v) is 15.2. The zero-order valence-electron chi connectivity index (χ0n) is 14.4. The number of thiazole rings is 1. The number of aromatic nitrogens is 1. The number of nitrogens with one attached hydrogen (secondary N) is 1. The fraction of sp³-hybridized carbons (Fsp3) is 0.263. The van der Waals surface area contributed by atoms with Crippen LogP contribution in [0.3, 0.4) is 0 Å². The van der Waals surface area contributed by atoms with Crippen LogP contribution in [0.15, 0.2) is 42.5 Å². The van der Waals surface area contributed by atoms with Crippen LogP contribution in [0.4, 0.5) is 15.2 Å². The van der Waals surface area contributed by atoms with Crippen molar-refractivity contribution < 1.29 is 9.18 Å². The number of hydrogen-bond donors (Lipinski definition) is 1. The van der Waals surface area contributed by atoms with Crippen molar-refractivity contribution in [3.63, 3.8) is 0 Å². The first-order chi connectivity index (χ1) is 12.6. The average molecular weight is 370 g/mol. The van der Waals surface area contributed by atoms with Gasteiger partial charge in [-0.1, -0.05) is 17.4 Å². The molecule has 1 aliphatic heterocycles. The first-order valence-electron chi connectivity index (χ1n) is 8.49. The summed E-state index contributed by atoms with van der Waals surface area (Å²) in [5.74, 6) is -0.750. The molecule has 1 aromatic heterocycles. The van der Waals surface area contributed by atoms with Crippen molar-refractivity contribution in [2.24, 2.45) is 0 Å². The zero-order chi connectivity index (χ0) is 18.1. The van der Waals surface area contributed by atoms with Gasteiger partial charge in [0.2, 0.25) is 0 Å². The van der Waals surface area contributed by atoms with Gasteiger partial charge in [0.05, 0.1) is 10.2 Å². The Bertz CT molecular complexity index is 950. The Morgan fingerprint density at radius 2 is 1.96 bits per heavy atom. The lowest BCUT2D eigenvalue weighted by molar-refractivity contribution is 0.102. The van der Waals surface area contributed by atoms with E-state index in [0.29, 0.717) is 11.3 Å². The number of carbonyl (C=O) groups excluding carboxylic acids is 1. The second-order valence-electron chi connectivity index (χ2n) is 6.43. The summed E-state index contributed by atoms with van der Waals surface area (Å²) in [5.41, 5.74) is 1.90. The quantitative estimate of drug-likeness (QED) is 0.767. The van der Waals surface area contributed by atoms with Gasteiger partial charge in [-0.15, -0.1) is 0 Å². The molecule has 0 unspecified atom stereocenters. The summed E-state index contributed by atoms with van der Waals surface area (Å²) >= 11 is 1.63. The number of anilines is 2. The van der Waals surface area contributed by atoms with Crippen molar-refractivity contribution in [3.8, 4) is 0 Å². The molecule has 1 amide bonds. The molecular weight excluding hydrogens is 351 g/mol. The molecule has 1 saturated heterocycles. The summed E-state index contributed by atoms with van der Waals surface area (Å²) in [6, 6.07) is 11.3. The summed E-state index contributed by atoms with van der Waals surface area (Å²) < 4.78 is 14.3. The molecule has 2 aromatic carbocycles. The molecule has 5 nitrogen and oxygen atoms in total. The number of halogens is 1. The number of hydrogen-bond acceptors (Lipinski definition) is 5. The van der Waals surface area contributed by atoms with E-state index in [1.807, 2.05) is 18.2 Å². The van der Waals surface area contributed by atoms with Crippen LogP contribution in [0.25, 0.3) is 10.2 Å². The predicted molar refractivity (Wildman–Crippen MR) is 104 cm³/mol. The lowest BCUT2D eigenvalue weighted by Crippen LogP contribution is -2.44. The second kappa shape index (κ2) is 7.01. The normalized spacial score (nSPS) is 15.4. The number of nitrogens with zero attached hydrogens (tertiary/aromatic N) is 3. The molecule has 0 aliphatic carbocycles. The summed E-state index contributed by atoms with van der Waals surface area (Å²) in [4.78, 5) is 21.6. The van der Waals surface area contributed by atoms with Gasteiger partial charge in [0, 0.05) is 37.4 Å². The molecule has 0 saturated carbocycles. The molecule has 1 N–H and O–H groups in total. The van der Waals surface area contributed by atoms with Crippen molar-refractivity contribution in [1.82, 2.24) is 9.88 Å². The molecule has 0 atom stereocenters. The largest absolute Gasteiger partial charge is 0.345 e. The van der Waals surface area contributed by atoms with Gasteiger partial charge < -0.3 is 15.1 Å². The van der Waals surface area contributed by atoms with Crippen molar-refractivity contribution in [2.75, 3.05) is 43.4 Å². The molecule has 26 heavy (non-hydrogen) atoms. The fourth-order valence-electron chi connectivity index (χ4n) is 2.96. The van der Waals surface area contributed by atoms with Gasteiger partial charge in [0.1, 0.15) is 5.82 Å². The van der Waals surface area contributed by atoms with E-state index in [4.69, 9.17) is 4.98 Å². The first-order valence-corrected chi connectivity index (χ1v) is 9.31. The molecule has 0 radical (unpaired) electrons. The summed E-state index contributed by atoms with van der Waals surface area (Å²) in [6.45, 7) is 4.01. The van der Waals surface area contributed by atoms with Crippen LogP contribution in [-0.2, 0) is 0 Å². The highest BCUT2D eigenvalue weighted by atomic mass is 32.1. The van der Waals surface area contributed by atoms with Crippen LogP contribution in [0.2, 0.25) is 0 Å². The maximum absolute atomic E-state index is 13.3. The van der Waals surface area contributed by atoms with Gasteiger partial charge in [-0.05, 0) is 43.4 Å². The van der Waals surface area contributed by atoms with E-state index in [2.05, 4.69) is 22.2 Å². The maximum atomic E-state index is 13.3. The van der Waals surface area contributed by atoms with E-state index >= 15 is 0 Å². The Kier molecular flexibility index (Phi) is 4.57. The molecule has 3 aromatic rings. The van der Waals surface area contributed by atoms with Crippen LogP contribution in [0.1, 0.15) is 10.4 Å². The highest BCUT2D eigenvalue weighted by molar-refractivity contribution is 7.22. The number of benzene rings is 2. The minimum atomic E-state index is -0.424. The molecule has 4 rings (SSSR count). The highest BCUT2D eigenvalue weighted by Crippen LogP contribution is 2.31. The van der Waals surface area contributed by atoms with Gasteiger partial charge in [-0.3, -0.25) is 4.79 Å². The third kappa shape index (κ3) is 3.54. The molecule has 1 aliphatic rings. The van der Waals surface area contributed by atoms with E-state index in [9.17, 15) is 9.18 Å². The van der Waals surface area contributed by atoms with Crippen LogP contribution < -0.4 is 10.2 Å². The van der Waals surface area contributed by atoms with Gasteiger partial charge in [-0.2, -0.15) is 0 Å². The smallest absolute Gasteiger partial charge is 0.255 e. The average Bonchev–Trinajstić information content (AvgIpc) is 3.05. The van der Waals surface area contributed by atoms with Crippen LogP contribution >= 0.6 is 11.3 Å². The first kappa shape index (κ1) is 16.9. The SMILES string of the molecule is CN1CCN(c2nc3ccc(NC(=O)c4cccc(F)c4)cc3s2)CC1.